The molecule has 2 aromatic heterocycles. The number of hydrogen-bond acceptors (Lipinski definition) is 4. The predicted molar refractivity (Wildman–Crippen MR) is 66.8 cm³/mol. The minimum atomic E-state index is -0.126. The molecule has 0 aliphatic carbocycles. The van der Waals surface area contributed by atoms with Gasteiger partial charge in [0.1, 0.15) is 5.82 Å². The van der Waals surface area contributed by atoms with Gasteiger partial charge in [-0.05, 0) is 12.1 Å². The van der Waals surface area contributed by atoms with E-state index < -0.39 is 0 Å². The minimum absolute atomic E-state index is 0.126. The van der Waals surface area contributed by atoms with Crippen LogP contribution in [-0.4, -0.2) is 27.4 Å². The fraction of sp³-hybridized carbons (Fsp3) is 0.250. The Morgan fingerprint density at radius 2 is 2.28 bits per heavy atom. The van der Waals surface area contributed by atoms with E-state index in [1.54, 1.807) is 30.7 Å². The van der Waals surface area contributed by atoms with Crippen molar-refractivity contribution in [2.45, 2.75) is 13.0 Å². The first kappa shape index (κ1) is 12.3. The number of pyridine rings is 1. The summed E-state index contributed by atoms with van der Waals surface area (Å²) < 4.78 is 0. The molecule has 2 rings (SSSR count). The molecule has 0 radical (unpaired) electrons. The molecule has 0 aromatic carbocycles. The number of amides is 1. The van der Waals surface area contributed by atoms with Gasteiger partial charge in [0, 0.05) is 43.7 Å². The Kier molecular flexibility index (Phi) is 4.03. The summed E-state index contributed by atoms with van der Waals surface area (Å²) in [5, 5.41) is 2.82. The summed E-state index contributed by atoms with van der Waals surface area (Å²) in [6, 6.07) is 3.36. The van der Waals surface area contributed by atoms with Crippen LogP contribution in [0, 0.1) is 0 Å². The van der Waals surface area contributed by atoms with Gasteiger partial charge >= 0.3 is 0 Å². The molecule has 94 valence electrons. The van der Waals surface area contributed by atoms with Gasteiger partial charge in [0.2, 0.25) is 0 Å². The van der Waals surface area contributed by atoms with E-state index in [2.05, 4.69) is 20.3 Å². The summed E-state index contributed by atoms with van der Waals surface area (Å²) >= 11 is 0. The third kappa shape index (κ3) is 3.14. The second kappa shape index (κ2) is 5.92. The zero-order valence-electron chi connectivity index (χ0n) is 9.89. The first-order valence-corrected chi connectivity index (χ1v) is 5.71. The topological polar surface area (TPSA) is 96.7 Å². The normalized spacial score (nSPS) is 10.3. The zero-order chi connectivity index (χ0) is 12.8. The van der Waals surface area contributed by atoms with Crippen LogP contribution < -0.4 is 11.1 Å². The van der Waals surface area contributed by atoms with E-state index in [9.17, 15) is 4.79 Å². The Morgan fingerprint density at radius 1 is 1.39 bits per heavy atom. The van der Waals surface area contributed by atoms with E-state index in [1.165, 1.54) is 0 Å². The van der Waals surface area contributed by atoms with Gasteiger partial charge in [-0.2, -0.15) is 0 Å². The van der Waals surface area contributed by atoms with Crippen molar-refractivity contribution in [1.82, 2.24) is 20.3 Å². The van der Waals surface area contributed by atoms with Crippen LogP contribution in [0.5, 0.6) is 0 Å². The van der Waals surface area contributed by atoms with E-state index >= 15 is 0 Å². The molecular weight excluding hydrogens is 230 g/mol. The van der Waals surface area contributed by atoms with Gasteiger partial charge in [0.25, 0.3) is 5.91 Å². The molecule has 0 saturated carbocycles. The molecule has 0 bridgehead atoms. The third-order valence-corrected chi connectivity index (χ3v) is 2.49. The lowest BCUT2D eigenvalue weighted by Gasteiger charge is -2.05. The van der Waals surface area contributed by atoms with Crippen LogP contribution in [-0.2, 0) is 13.0 Å². The number of H-pyrrole nitrogens is 1. The fourth-order valence-electron chi connectivity index (χ4n) is 1.56. The number of nitrogens with two attached hydrogens (primary N) is 1. The Bertz CT molecular complexity index is 509. The van der Waals surface area contributed by atoms with Gasteiger partial charge in [0.15, 0.2) is 0 Å². The van der Waals surface area contributed by atoms with Gasteiger partial charge in [-0.1, -0.05) is 0 Å². The average Bonchev–Trinajstić information content (AvgIpc) is 2.92. The van der Waals surface area contributed by atoms with E-state index in [-0.39, 0.29) is 5.91 Å². The Labute approximate surface area is 105 Å². The Balaban J connectivity index is 1.87. The Morgan fingerprint density at radius 3 is 3.00 bits per heavy atom. The highest BCUT2D eigenvalue weighted by Gasteiger charge is 2.06. The van der Waals surface area contributed by atoms with Gasteiger partial charge in [-0.15, -0.1) is 0 Å². The number of aromatic amines is 1. The molecule has 6 heteroatoms. The molecule has 1 amide bonds. The number of aromatic nitrogens is 3. The molecule has 2 heterocycles. The second-order valence-corrected chi connectivity index (χ2v) is 3.78. The zero-order valence-corrected chi connectivity index (χ0v) is 9.89. The molecule has 0 aliphatic heterocycles. The molecule has 0 atom stereocenters. The van der Waals surface area contributed by atoms with Crippen LogP contribution in [0.3, 0.4) is 0 Å². The number of nitrogens with zero attached hydrogens (tertiary/aromatic N) is 2. The number of imidazole rings is 1. The molecule has 0 spiro atoms. The van der Waals surface area contributed by atoms with Gasteiger partial charge in [0.05, 0.1) is 5.69 Å². The van der Waals surface area contributed by atoms with Crippen molar-refractivity contribution in [2.75, 3.05) is 6.54 Å². The van der Waals surface area contributed by atoms with Crippen LogP contribution in [0.4, 0.5) is 0 Å². The number of carbonyl (C=O) groups is 1. The molecular formula is C12H15N5O. The van der Waals surface area contributed by atoms with Crippen molar-refractivity contribution >= 4 is 5.91 Å². The Hall–Kier alpha value is -2.21. The van der Waals surface area contributed by atoms with Crippen molar-refractivity contribution < 1.29 is 4.79 Å². The SMILES string of the molecule is NCc1cc(C(=O)NCCc2ncc[nH]2)ccn1. The number of carbonyl (C=O) groups excluding carboxylic acids is 1. The van der Waals surface area contributed by atoms with Gasteiger partial charge < -0.3 is 16.0 Å². The van der Waals surface area contributed by atoms with Gasteiger partial charge in [-0.3, -0.25) is 9.78 Å². The van der Waals surface area contributed by atoms with Crippen molar-refractivity contribution in [2.24, 2.45) is 5.73 Å². The van der Waals surface area contributed by atoms with Crippen molar-refractivity contribution in [1.29, 1.82) is 0 Å². The minimum Gasteiger partial charge on any atom is -0.352 e. The molecule has 0 aliphatic rings. The highest BCUT2D eigenvalue weighted by atomic mass is 16.1. The quantitative estimate of drug-likeness (QED) is 0.702. The third-order valence-electron chi connectivity index (χ3n) is 2.49. The molecule has 4 N–H and O–H groups in total. The highest BCUT2D eigenvalue weighted by Crippen LogP contribution is 2.01. The van der Waals surface area contributed by atoms with Crippen molar-refractivity contribution in [3.8, 4) is 0 Å². The van der Waals surface area contributed by atoms with Crippen LogP contribution in [0.15, 0.2) is 30.7 Å². The summed E-state index contributed by atoms with van der Waals surface area (Å²) in [4.78, 5) is 22.9. The average molecular weight is 245 g/mol. The van der Waals surface area contributed by atoms with Gasteiger partial charge in [-0.25, -0.2) is 4.98 Å². The maximum absolute atomic E-state index is 11.8. The fourth-order valence-corrected chi connectivity index (χ4v) is 1.56. The number of nitrogens with one attached hydrogen (secondary N) is 2. The molecule has 2 aromatic rings. The second-order valence-electron chi connectivity index (χ2n) is 3.78. The molecule has 0 fully saturated rings. The van der Waals surface area contributed by atoms with Crippen LogP contribution in [0.25, 0.3) is 0 Å². The van der Waals surface area contributed by atoms with Crippen LogP contribution in [0.1, 0.15) is 21.9 Å². The van der Waals surface area contributed by atoms with E-state index in [4.69, 9.17) is 5.73 Å². The van der Waals surface area contributed by atoms with Crippen molar-refractivity contribution in [3.63, 3.8) is 0 Å². The lowest BCUT2D eigenvalue weighted by Crippen LogP contribution is -2.26. The standard InChI is InChI=1S/C12H15N5O/c13-8-10-7-9(1-3-14-10)12(18)17-4-2-11-15-5-6-16-11/h1,3,5-7H,2,4,8,13H2,(H,15,16)(H,17,18). The lowest BCUT2D eigenvalue weighted by molar-refractivity contribution is 0.0954. The number of hydrogen-bond donors (Lipinski definition) is 3. The first-order valence-electron chi connectivity index (χ1n) is 5.71. The maximum Gasteiger partial charge on any atom is 0.251 e. The maximum atomic E-state index is 11.8. The van der Waals surface area contributed by atoms with E-state index in [1.807, 2.05) is 0 Å². The number of rotatable bonds is 5. The molecule has 18 heavy (non-hydrogen) atoms. The molecule has 0 saturated heterocycles. The van der Waals surface area contributed by atoms with E-state index in [0.29, 0.717) is 30.8 Å². The highest BCUT2D eigenvalue weighted by molar-refractivity contribution is 5.94. The smallest absolute Gasteiger partial charge is 0.251 e. The summed E-state index contributed by atoms with van der Waals surface area (Å²) in [5.74, 6) is 0.728. The summed E-state index contributed by atoms with van der Waals surface area (Å²) in [6.45, 7) is 0.861. The summed E-state index contributed by atoms with van der Waals surface area (Å²) in [5.41, 5.74) is 6.75. The lowest BCUT2D eigenvalue weighted by atomic mass is 10.2. The predicted octanol–water partition coefficient (Wildman–Crippen LogP) is 0.236. The molecule has 6 nitrogen and oxygen atoms in total. The van der Waals surface area contributed by atoms with Crippen LogP contribution >= 0.6 is 0 Å². The molecule has 0 unspecified atom stereocenters. The first-order chi connectivity index (χ1) is 8.79. The largest absolute Gasteiger partial charge is 0.352 e. The van der Waals surface area contributed by atoms with E-state index in [0.717, 1.165) is 5.82 Å². The summed E-state index contributed by atoms with van der Waals surface area (Å²) in [7, 11) is 0. The monoisotopic (exact) mass is 245 g/mol. The van der Waals surface area contributed by atoms with Crippen LogP contribution in [0.2, 0.25) is 0 Å². The summed E-state index contributed by atoms with van der Waals surface area (Å²) in [6.07, 6.45) is 5.71. The van der Waals surface area contributed by atoms with Crippen molar-refractivity contribution in [3.05, 3.63) is 47.8 Å².